The van der Waals surface area contributed by atoms with Crippen molar-refractivity contribution in [1.29, 1.82) is 0 Å². The van der Waals surface area contributed by atoms with Crippen LogP contribution in [-0.2, 0) is 4.79 Å². The van der Waals surface area contributed by atoms with Gasteiger partial charge in [0.15, 0.2) is 0 Å². The van der Waals surface area contributed by atoms with Gasteiger partial charge in [-0.1, -0.05) is 6.92 Å². The van der Waals surface area contributed by atoms with Crippen molar-refractivity contribution in [1.82, 2.24) is 0 Å². The van der Waals surface area contributed by atoms with Gasteiger partial charge >= 0.3 is 5.97 Å². The molecule has 5 nitrogen and oxygen atoms in total. The lowest BCUT2D eigenvalue weighted by atomic mass is 10.1. The monoisotopic (exact) mass is 259 g/mol. The molecule has 0 radical (unpaired) electrons. The second-order valence-corrected chi connectivity index (χ2v) is 5.18. The van der Waals surface area contributed by atoms with Gasteiger partial charge in [0.1, 0.15) is 5.58 Å². The van der Waals surface area contributed by atoms with Gasteiger partial charge in [-0.3, -0.25) is 4.79 Å². The van der Waals surface area contributed by atoms with Crippen LogP contribution in [0.3, 0.4) is 0 Å². The maximum Gasteiger partial charge on any atom is 0.371 e. The summed E-state index contributed by atoms with van der Waals surface area (Å²) in [6, 6.07) is 6.54. The van der Waals surface area contributed by atoms with Crippen LogP contribution in [-0.4, -0.2) is 17.0 Å². The van der Waals surface area contributed by atoms with Crippen LogP contribution in [0, 0.1) is 5.41 Å². The molecular weight excluding hydrogens is 246 g/mol. The van der Waals surface area contributed by atoms with Gasteiger partial charge in [-0.05, 0) is 37.1 Å². The highest BCUT2D eigenvalue weighted by Crippen LogP contribution is 2.45. The number of nitrogens with one attached hydrogen (secondary N) is 1. The standard InChI is InChI=1S/C14H13NO4/c1-14(4-5-14)13(18)15-9-2-3-10-8(6-9)7-11(19-10)12(16)17/h2-3,6-7H,4-5H2,1H3,(H,15,18)(H,16,17). The minimum Gasteiger partial charge on any atom is -0.475 e. The summed E-state index contributed by atoms with van der Waals surface area (Å²) in [5.74, 6) is -1.20. The molecule has 0 saturated heterocycles. The van der Waals surface area contributed by atoms with Crippen LogP contribution in [0.15, 0.2) is 28.7 Å². The molecular formula is C14H13NO4. The highest BCUT2D eigenvalue weighted by molar-refractivity contribution is 5.99. The number of hydrogen-bond donors (Lipinski definition) is 2. The van der Waals surface area contributed by atoms with Crippen LogP contribution in [0.5, 0.6) is 0 Å². The normalized spacial score (nSPS) is 16.3. The van der Waals surface area contributed by atoms with E-state index in [1.165, 1.54) is 6.07 Å². The van der Waals surface area contributed by atoms with E-state index in [2.05, 4.69) is 5.32 Å². The number of furan rings is 1. The molecule has 2 aromatic rings. The average Bonchev–Trinajstić information content (AvgIpc) is 2.97. The van der Waals surface area contributed by atoms with Crippen LogP contribution in [0.1, 0.15) is 30.3 Å². The Morgan fingerprint density at radius 3 is 2.68 bits per heavy atom. The molecule has 1 heterocycles. The third-order valence-electron chi connectivity index (χ3n) is 3.53. The number of benzene rings is 1. The van der Waals surface area contributed by atoms with Crippen molar-refractivity contribution in [2.75, 3.05) is 5.32 Å². The molecule has 1 aliphatic carbocycles. The first-order chi connectivity index (χ1) is 8.98. The molecule has 0 aliphatic heterocycles. The van der Waals surface area contributed by atoms with E-state index in [9.17, 15) is 9.59 Å². The summed E-state index contributed by atoms with van der Waals surface area (Å²) in [5.41, 5.74) is 0.911. The van der Waals surface area contributed by atoms with Crippen molar-refractivity contribution in [2.45, 2.75) is 19.8 Å². The number of carboxylic acids is 1. The lowest BCUT2D eigenvalue weighted by molar-refractivity contribution is -0.120. The van der Waals surface area contributed by atoms with E-state index in [0.29, 0.717) is 16.7 Å². The Morgan fingerprint density at radius 1 is 1.32 bits per heavy atom. The van der Waals surface area contributed by atoms with Crippen molar-refractivity contribution in [2.24, 2.45) is 5.41 Å². The molecule has 0 unspecified atom stereocenters. The molecule has 0 bridgehead atoms. The summed E-state index contributed by atoms with van der Waals surface area (Å²) in [4.78, 5) is 22.7. The number of anilines is 1. The number of carbonyl (C=O) groups excluding carboxylic acids is 1. The Balaban J connectivity index is 1.88. The third kappa shape index (κ3) is 2.07. The number of rotatable bonds is 3. The van der Waals surface area contributed by atoms with Crippen LogP contribution in [0.2, 0.25) is 0 Å². The summed E-state index contributed by atoms with van der Waals surface area (Å²) in [6.07, 6.45) is 1.83. The van der Waals surface area contributed by atoms with Crippen molar-refractivity contribution in [3.05, 3.63) is 30.0 Å². The molecule has 1 aromatic heterocycles. The number of hydrogen-bond acceptors (Lipinski definition) is 3. The van der Waals surface area contributed by atoms with Gasteiger partial charge in [-0.15, -0.1) is 0 Å². The SMILES string of the molecule is CC1(C(=O)Nc2ccc3oc(C(=O)O)cc3c2)CC1. The van der Waals surface area contributed by atoms with E-state index in [1.807, 2.05) is 6.92 Å². The highest BCUT2D eigenvalue weighted by Gasteiger charge is 2.44. The van der Waals surface area contributed by atoms with Crippen LogP contribution < -0.4 is 5.32 Å². The van der Waals surface area contributed by atoms with E-state index in [0.717, 1.165) is 12.8 Å². The molecule has 2 N–H and O–H groups in total. The summed E-state index contributed by atoms with van der Waals surface area (Å²) in [7, 11) is 0. The van der Waals surface area contributed by atoms with Gasteiger partial charge in [0.25, 0.3) is 0 Å². The summed E-state index contributed by atoms with van der Waals surface area (Å²) in [6.45, 7) is 1.93. The maximum absolute atomic E-state index is 11.9. The van der Waals surface area contributed by atoms with E-state index in [1.54, 1.807) is 18.2 Å². The Kier molecular flexibility index (Phi) is 2.38. The van der Waals surface area contributed by atoms with E-state index >= 15 is 0 Å². The molecule has 1 fully saturated rings. The predicted octanol–water partition coefficient (Wildman–Crippen LogP) is 2.87. The summed E-state index contributed by atoms with van der Waals surface area (Å²) < 4.78 is 5.16. The summed E-state index contributed by atoms with van der Waals surface area (Å²) in [5, 5.41) is 12.4. The van der Waals surface area contributed by atoms with Crippen molar-refractivity contribution < 1.29 is 19.1 Å². The predicted molar refractivity (Wildman–Crippen MR) is 69.1 cm³/mol. The minimum absolute atomic E-state index is 0.00815. The molecule has 3 rings (SSSR count). The van der Waals surface area contributed by atoms with Gasteiger partial charge in [0.05, 0.1) is 0 Å². The Hall–Kier alpha value is -2.30. The number of fused-ring (bicyclic) bond motifs is 1. The van der Waals surface area contributed by atoms with Gasteiger partial charge in [-0.25, -0.2) is 4.79 Å². The zero-order valence-electron chi connectivity index (χ0n) is 10.4. The van der Waals surface area contributed by atoms with Gasteiger partial charge < -0.3 is 14.8 Å². The lowest BCUT2D eigenvalue weighted by Crippen LogP contribution is -2.21. The van der Waals surface area contributed by atoms with Gasteiger partial charge in [-0.2, -0.15) is 0 Å². The fraction of sp³-hybridized carbons (Fsp3) is 0.286. The van der Waals surface area contributed by atoms with E-state index in [-0.39, 0.29) is 17.1 Å². The molecule has 5 heteroatoms. The minimum atomic E-state index is -1.10. The van der Waals surface area contributed by atoms with Crippen LogP contribution in [0.25, 0.3) is 11.0 Å². The number of aromatic carboxylic acids is 1. The van der Waals surface area contributed by atoms with Gasteiger partial charge in [0, 0.05) is 16.5 Å². The first kappa shape index (κ1) is 11.8. The first-order valence-electron chi connectivity index (χ1n) is 6.06. The second-order valence-electron chi connectivity index (χ2n) is 5.18. The molecule has 1 amide bonds. The van der Waals surface area contributed by atoms with Crippen molar-refractivity contribution >= 4 is 28.5 Å². The topological polar surface area (TPSA) is 79.5 Å². The first-order valence-corrected chi connectivity index (χ1v) is 6.06. The molecule has 0 atom stereocenters. The number of amides is 1. The highest BCUT2D eigenvalue weighted by atomic mass is 16.4. The average molecular weight is 259 g/mol. The Labute approximate surface area is 109 Å². The zero-order valence-corrected chi connectivity index (χ0v) is 10.4. The molecule has 0 spiro atoms. The second kappa shape index (κ2) is 3.85. The van der Waals surface area contributed by atoms with Gasteiger partial charge in [0.2, 0.25) is 11.7 Å². The fourth-order valence-electron chi connectivity index (χ4n) is 1.92. The number of carbonyl (C=O) groups is 2. The third-order valence-corrected chi connectivity index (χ3v) is 3.53. The zero-order chi connectivity index (χ0) is 13.6. The van der Waals surface area contributed by atoms with Crippen molar-refractivity contribution in [3.8, 4) is 0 Å². The smallest absolute Gasteiger partial charge is 0.371 e. The largest absolute Gasteiger partial charge is 0.475 e. The summed E-state index contributed by atoms with van der Waals surface area (Å²) >= 11 is 0. The Bertz CT molecular complexity index is 682. The van der Waals surface area contributed by atoms with E-state index in [4.69, 9.17) is 9.52 Å². The van der Waals surface area contributed by atoms with Crippen LogP contribution >= 0.6 is 0 Å². The molecule has 19 heavy (non-hydrogen) atoms. The maximum atomic E-state index is 11.9. The van der Waals surface area contributed by atoms with E-state index < -0.39 is 5.97 Å². The lowest BCUT2D eigenvalue weighted by Gasteiger charge is -2.09. The molecule has 98 valence electrons. The number of carboxylic acid groups (broad SMARTS) is 1. The molecule has 1 saturated carbocycles. The molecule has 1 aliphatic rings. The fourth-order valence-corrected chi connectivity index (χ4v) is 1.92. The quantitative estimate of drug-likeness (QED) is 0.888. The van der Waals surface area contributed by atoms with Crippen molar-refractivity contribution in [3.63, 3.8) is 0 Å². The Morgan fingerprint density at radius 2 is 2.05 bits per heavy atom. The van der Waals surface area contributed by atoms with Crippen LogP contribution in [0.4, 0.5) is 5.69 Å². The molecule has 1 aromatic carbocycles.